The summed E-state index contributed by atoms with van der Waals surface area (Å²) in [6.45, 7) is 0. The predicted octanol–water partition coefficient (Wildman–Crippen LogP) is 12.7. The number of aromatic nitrogens is 4. The van der Waals surface area contributed by atoms with Crippen LogP contribution < -0.4 is 4.74 Å². The Hall–Kier alpha value is -7.76. The molecule has 10 aromatic rings. The number of benzene rings is 8. The summed E-state index contributed by atoms with van der Waals surface area (Å²) in [7, 11) is 0. The molecule has 270 valence electrons. The number of nitrogens with zero attached hydrogens (tertiary/aromatic N) is 4. The molecule has 0 fully saturated rings. The van der Waals surface area contributed by atoms with Crippen LogP contribution in [0.4, 0.5) is 0 Å². The zero-order valence-electron chi connectivity index (χ0n) is 31.2. The maximum atomic E-state index is 6.70. The lowest BCUT2D eigenvalue weighted by Gasteiger charge is -2.39. The minimum Gasteiger partial charge on any atom is -0.457 e. The Morgan fingerprint density at radius 2 is 0.879 bits per heavy atom. The van der Waals surface area contributed by atoms with E-state index in [1.54, 1.807) is 0 Å². The van der Waals surface area contributed by atoms with Crippen molar-refractivity contribution in [2.45, 2.75) is 5.41 Å². The van der Waals surface area contributed by atoms with Crippen LogP contribution in [0.1, 0.15) is 22.3 Å². The monoisotopic (exact) mass is 740 g/mol. The lowest BCUT2D eigenvalue weighted by Crippen LogP contribution is -2.32. The maximum absolute atomic E-state index is 6.70. The first-order valence-electron chi connectivity index (χ1n) is 19.6. The van der Waals surface area contributed by atoms with Crippen LogP contribution in [0.2, 0.25) is 0 Å². The molecule has 2 aromatic heterocycles. The Kier molecular flexibility index (Phi) is 7.07. The SMILES string of the molecule is c1ccc(-c2nc(-c3cccc4c3-c3c(-c5cccc6cccnc56)cccc3C43c4ccccc4Oc4ccccc43)nc(-c3cccc4ccccc34)n2)cc1. The van der Waals surface area contributed by atoms with E-state index in [4.69, 9.17) is 24.7 Å². The van der Waals surface area contributed by atoms with E-state index < -0.39 is 5.41 Å². The fourth-order valence-corrected chi connectivity index (χ4v) is 9.47. The molecular weight excluding hydrogens is 709 g/mol. The fourth-order valence-electron chi connectivity index (χ4n) is 9.47. The summed E-state index contributed by atoms with van der Waals surface area (Å²) in [5, 5.41) is 3.31. The summed E-state index contributed by atoms with van der Waals surface area (Å²) in [6.07, 6.45) is 1.88. The summed E-state index contributed by atoms with van der Waals surface area (Å²) in [4.78, 5) is 20.9. The molecule has 1 spiro atoms. The molecule has 2 aliphatic rings. The Labute approximate surface area is 335 Å². The third-order valence-electron chi connectivity index (χ3n) is 11.9. The van der Waals surface area contributed by atoms with Crippen molar-refractivity contribution in [2.75, 3.05) is 0 Å². The maximum Gasteiger partial charge on any atom is 0.164 e. The van der Waals surface area contributed by atoms with Gasteiger partial charge in [-0.3, -0.25) is 4.98 Å². The van der Waals surface area contributed by atoms with E-state index in [9.17, 15) is 0 Å². The Morgan fingerprint density at radius 1 is 0.362 bits per heavy atom. The predicted molar refractivity (Wildman–Crippen MR) is 232 cm³/mol. The van der Waals surface area contributed by atoms with E-state index in [2.05, 4.69) is 164 Å². The highest BCUT2D eigenvalue weighted by Gasteiger charge is 2.52. The van der Waals surface area contributed by atoms with Gasteiger partial charge in [0.1, 0.15) is 11.5 Å². The van der Waals surface area contributed by atoms with Crippen LogP contribution in [0, 0.1) is 0 Å². The Bertz CT molecular complexity index is 3230. The number of fused-ring (bicyclic) bond motifs is 11. The smallest absolute Gasteiger partial charge is 0.164 e. The van der Waals surface area contributed by atoms with Crippen molar-refractivity contribution in [2.24, 2.45) is 0 Å². The van der Waals surface area contributed by atoms with Crippen LogP contribution >= 0.6 is 0 Å². The van der Waals surface area contributed by atoms with Gasteiger partial charge in [-0.05, 0) is 56.8 Å². The molecule has 5 nitrogen and oxygen atoms in total. The van der Waals surface area contributed by atoms with Crippen molar-refractivity contribution in [3.8, 4) is 67.9 Å². The van der Waals surface area contributed by atoms with E-state index in [0.717, 1.165) is 88.8 Å². The third-order valence-corrected chi connectivity index (χ3v) is 11.9. The quantitative estimate of drug-likeness (QED) is 0.180. The minimum absolute atomic E-state index is 0.608. The molecule has 0 amide bonds. The van der Waals surface area contributed by atoms with Gasteiger partial charge in [-0.25, -0.2) is 15.0 Å². The minimum atomic E-state index is -0.701. The van der Waals surface area contributed by atoms with E-state index in [1.165, 1.54) is 5.56 Å². The van der Waals surface area contributed by atoms with Crippen LogP contribution in [-0.4, -0.2) is 19.9 Å². The van der Waals surface area contributed by atoms with Gasteiger partial charge in [-0.2, -0.15) is 0 Å². The first-order chi connectivity index (χ1) is 28.8. The number of hydrogen-bond acceptors (Lipinski definition) is 5. The van der Waals surface area contributed by atoms with Crippen LogP contribution in [0.15, 0.2) is 194 Å². The van der Waals surface area contributed by atoms with E-state index >= 15 is 0 Å². The Balaban J connectivity index is 1.23. The standard InChI is InChI=1S/C53H32N4O/c1-2-16-35(17-3-1)50-55-51(39-24-10-18-33-15-4-5-21-36(33)39)57-52(56-50)40-25-13-29-44-48(40)47-37(38-23-11-19-34-20-14-32-54-49(34)38)22-12-28-43(47)53(44)41-26-6-8-30-45(41)58-46-31-9-7-27-42(46)53/h1-32H. The van der Waals surface area contributed by atoms with E-state index in [-0.39, 0.29) is 0 Å². The molecule has 5 heteroatoms. The summed E-state index contributed by atoms with van der Waals surface area (Å²) in [6, 6.07) is 65.8. The molecule has 0 atom stereocenters. The molecule has 1 aliphatic heterocycles. The van der Waals surface area contributed by atoms with Gasteiger partial charge in [0.05, 0.1) is 10.9 Å². The number of ether oxygens (including phenoxy) is 1. The third kappa shape index (κ3) is 4.64. The highest BCUT2D eigenvalue weighted by molar-refractivity contribution is 6.06. The molecular formula is C53H32N4O. The van der Waals surface area contributed by atoms with Gasteiger partial charge in [-0.15, -0.1) is 0 Å². The lowest BCUT2D eigenvalue weighted by molar-refractivity contribution is 0.436. The fraction of sp³-hybridized carbons (Fsp3) is 0.0189. The molecule has 0 N–H and O–H groups in total. The molecule has 0 bridgehead atoms. The van der Waals surface area contributed by atoms with Gasteiger partial charge in [-0.1, -0.05) is 170 Å². The molecule has 8 aromatic carbocycles. The van der Waals surface area contributed by atoms with Crippen molar-refractivity contribution in [3.05, 3.63) is 217 Å². The van der Waals surface area contributed by atoms with Crippen molar-refractivity contribution in [1.29, 1.82) is 0 Å². The second-order valence-corrected chi connectivity index (χ2v) is 14.9. The molecule has 12 rings (SSSR count). The Morgan fingerprint density at radius 3 is 1.66 bits per heavy atom. The van der Waals surface area contributed by atoms with E-state index in [0.29, 0.717) is 17.5 Å². The number of pyridine rings is 1. The number of rotatable bonds is 4. The zero-order valence-corrected chi connectivity index (χ0v) is 31.2. The number of hydrogen-bond donors (Lipinski definition) is 0. The zero-order chi connectivity index (χ0) is 38.2. The van der Waals surface area contributed by atoms with Crippen LogP contribution in [-0.2, 0) is 5.41 Å². The van der Waals surface area contributed by atoms with Gasteiger partial charge < -0.3 is 4.74 Å². The van der Waals surface area contributed by atoms with E-state index in [1.807, 2.05) is 30.5 Å². The van der Waals surface area contributed by atoms with Gasteiger partial charge in [0.2, 0.25) is 0 Å². The van der Waals surface area contributed by atoms with Crippen LogP contribution in [0.25, 0.3) is 78.1 Å². The van der Waals surface area contributed by atoms with Gasteiger partial charge in [0.15, 0.2) is 17.5 Å². The lowest BCUT2D eigenvalue weighted by atomic mass is 9.66. The average molecular weight is 741 g/mol. The molecule has 58 heavy (non-hydrogen) atoms. The molecule has 0 saturated carbocycles. The molecule has 1 aliphatic carbocycles. The molecule has 0 radical (unpaired) electrons. The summed E-state index contributed by atoms with van der Waals surface area (Å²) >= 11 is 0. The average Bonchev–Trinajstić information content (AvgIpc) is 3.60. The summed E-state index contributed by atoms with van der Waals surface area (Å²) in [5.74, 6) is 3.53. The molecule has 3 heterocycles. The topological polar surface area (TPSA) is 60.8 Å². The van der Waals surface area contributed by atoms with Gasteiger partial charge in [0, 0.05) is 45.0 Å². The first kappa shape index (κ1) is 32.5. The number of para-hydroxylation sites is 3. The van der Waals surface area contributed by atoms with Crippen molar-refractivity contribution in [3.63, 3.8) is 0 Å². The van der Waals surface area contributed by atoms with Crippen molar-refractivity contribution in [1.82, 2.24) is 19.9 Å². The molecule has 0 unspecified atom stereocenters. The van der Waals surface area contributed by atoms with Crippen LogP contribution in [0.5, 0.6) is 11.5 Å². The molecule has 0 saturated heterocycles. The summed E-state index contributed by atoms with van der Waals surface area (Å²) < 4.78 is 6.70. The van der Waals surface area contributed by atoms with Gasteiger partial charge >= 0.3 is 0 Å². The largest absolute Gasteiger partial charge is 0.457 e. The van der Waals surface area contributed by atoms with Gasteiger partial charge in [0.25, 0.3) is 0 Å². The highest BCUT2D eigenvalue weighted by Crippen LogP contribution is 2.64. The second kappa shape index (κ2) is 12.6. The highest BCUT2D eigenvalue weighted by atomic mass is 16.5. The normalized spacial score (nSPS) is 13.1. The summed E-state index contributed by atoms with van der Waals surface area (Å²) in [5.41, 5.74) is 12.0. The second-order valence-electron chi connectivity index (χ2n) is 14.9. The first-order valence-corrected chi connectivity index (χ1v) is 19.6. The van der Waals surface area contributed by atoms with Crippen molar-refractivity contribution >= 4 is 21.7 Å². The van der Waals surface area contributed by atoms with Crippen LogP contribution in [0.3, 0.4) is 0 Å². The van der Waals surface area contributed by atoms with Crippen molar-refractivity contribution < 1.29 is 4.74 Å².